The summed E-state index contributed by atoms with van der Waals surface area (Å²) < 4.78 is 4.52. The summed E-state index contributed by atoms with van der Waals surface area (Å²) in [6.07, 6.45) is 6.49. The van der Waals surface area contributed by atoms with Crippen molar-refractivity contribution in [2.45, 2.75) is 45.4 Å². The molecule has 0 aromatic heterocycles. The number of unbranched alkanes of at least 4 members (excludes halogenated alkanes) is 4. The summed E-state index contributed by atoms with van der Waals surface area (Å²) in [6, 6.07) is 0. The van der Waals surface area contributed by atoms with Gasteiger partial charge >= 0.3 is 5.97 Å². The summed E-state index contributed by atoms with van der Waals surface area (Å²) in [6.45, 7) is 2.18. The van der Waals surface area contributed by atoms with E-state index < -0.39 is 0 Å². The third-order valence-electron chi connectivity index (χ3n) is 1.71. The van der Waals surface area contributed by atoms with Crippen LogP contribution in [0.15, 0.2) is 0 Å². The van der Waals surface area contributed by atoms with Crippen molar-refractivity contribution >= 4 is 29.2 Å². The Morgan fingerprint density at radius 1 is 1.14 bits per heavy atom. The van der Waals surface area contributed by atoms with Gasteiger partial charge in [-0.05, 0) is 6.42 Å². The highest BCUT2D eigenvalue weighted by Crippen LogP contribution is 2.04. The van der Waals surface area contributed by atoms with Crippen LogP contribution in [-0.4, -0.2) is 18.4 Å². The van der Waals surface area contributed by atoms with Gasteiger partial charge in [-0.25, -0.2) is 0 Å². The fourth-order valence-corrected chi connectivity index (χ4v) is 0.975. The average Bonchev–Trinajstić information content (AvgIpc) is 2.18. The van der Waals surface area contributed by atoms with E-state index in [-0.39, 0.29) is 11.3 Å². The van der Waals surface area contributed by atoms with Gasteiger partial charge in [0.15, 0.2) is 0 Å². The van der Waals surface area contributed by atoms with Crippen LogP contribution in [0.25, 0.3) is 0 Å². The number of halogens is 2. The number of carbonyl (C=O) groups is 1. The van der Waals surface area contributed by atoms with Crippen LogP contribution >= 0.6 is 23.2 Å². The van der Waals surface area contributed by atoms with Crippen LogP contribution in [0.3, 0.4) is 0 Å². The largest absolute Gasteiger partial charge is 0.469 e. The van der Waals surface area contributed by atoms with Crippen LogP contribution in [0, 0.1) is 0 Å². The third-order valence-corrected chi connectivity index (χ3v) is 1.71. The van der Waals surface area contributed by atoms with Gasteiger partial charge in [0.05, 0.1) is 12.4 Å². The van der Waals surface area contributed by atoms with E-state index in [0.29, 0.717) is 6.42 Å². The average molecular weight is 243 g/mol. The van der Waals surface area contributed by atoms with Gasteiger partial charge in [-0.1, -0.05) is 32.6 Å². The topological polar surface area (TPSA) is 26.3 Å². The summed E-state index contributed by atoms with van der Waals surface area (Å²) in [4.78, 5) is 10.6. The maximum Gasteiger partial charge on any atom is 0.305 e. The van der Waals surface area contributed by atoms with Crippen molar-refractivity contribution in [3.05, 3.63) is 0 Å². The fourth-order valence-electron chi connectivity index (χ4n) is 0.975. The fraction of sp³-hybridized carbons (Fsp3) is 0.900. The molecule has 14 heavy (non-hydrogen) atoms. The standard InChI is InChI=1S/C9H18O2.CH2Cl2/c1-3-4-5-6-7-8-9(10)11-2;2-1-3/h3-8H2,1-2H3;1H2. The Morgan fingerprint density at radius 3 is 2.07 bits per heavy atom. The number of hydrogen-bond acceptors (Lipinski definition) is 2. The molecule has 0 rings (SSSR count). The van der Waals surface area contributed by atoms with E-state index in [9.17, 15) is 4.79 Å². The van der Waals surface area contributed by atoms with Gasteiger partial charge in [-0.15, -0.1) is 23.2 Å². The van der Waals surface area contributed by atoms with Gasteiger partial charge in [0, 0.05) is 6.42 Å². The molecular weight excluding hydrogens is 223 g/mol. The molecule has 0 amide bonds. The van der Waals surface area contributed by atoms with Gasteiger partial charge in [0.1, 0.15) is 0 Å². The van der Waals surface area contributed by atoms with E-state index in [1.807, 2.05) is 0 Å². The number of alkyl halides is 2. The molecule has 4 heteroatoms. The molecule has 0 radical (unpaired) electrons. The Bertz CT molecular complexity index is 119. The number of esters is 1. The molecule has 0 aliphatic rings. The first-order valence-electron chi connectivity index (χ1n) is 4.91. The van der Waals surface area contributed by atoms with Crippen molar-refractivity contribution < 1.29 is 9.53 Å². The molecular formula is C10H20Cl2O2. The molecule has 0 spiro atoms. The minimum Gasteiger partial charge on any atom is -0.469 e. The first kappa shape index (κ1) is 16.5. The number of rotatable bonds is 6. The summed E-state index contributed by atoms with van der Waals surface area (Å²) >= 11 is 9.53. The van der Waals surface area contributed by atoms with E-state index in [1.54, 1.807) is 0 Å². The second-order valence-corrected chi connectivity index (χ2v) is 3.65. The molecule has 86 valence electrons. The van der Waals surface area contributed by atoms with Gasteiger partial charge in [-0.3, -0.25) is 4.79 Å². The van der Waals surface area contributed by atoms with E-state index in [1.165, 1.54) is 26.4 Å². The Balaban J connectivity index is 0. The van der Waals surface area contributed by atoms with Crippen LogP contribution in [0.1, 0.15) is 45.4 Å². The molecule has 0 N–H and O–H groups in total. The van der Waals surface area contributed by atoms with E-state index in [2.05, 4.69) is 11.7 Å². The molecule has 0 aromatic carbocycles. The molecule has 0 aliphatic carbocycles. The van der Waals surface area contributed by atoms with Crippen LogP contribution in [0.4, 0.5) is 0 Å². The molecule has 0 saturated carbocycles. The molecule has 0 atom stereocenters. The van der Waals surface area contributed by atoms with Crippen molar-refractivity contribution in [2.24, 2.45) is 0 Å². The van der Waals surface area contributed by atoms with Gasteiger partial charge < -0.3 is 4.74 Å². The monoisotopic (exact) mass is 242 g/mol. The Kier molecular flexibility index (Phi) is 18.3. The highest BCUT2D eigenvalue weighted by molar-refractivity contribution is 6.40. The van der Waals surface area contributed by atoms with Crippen LogP contribution in [0.5, 0.6) is 0 Å². The van der Waals surface area contributed by atoms with Gasteiger partial charge in [0.2, 0.25) is 0 Å². The Morgan fingerprint density at radius 2 is 1.64 bits per heavy atom. The lowest BCUT2D eigenvalue weighted by molar-refractivity contribution is -0.140. The minimum atomic E-state index is -0.0819. The van der Waals surface area contributed by atoms with Crippen molar-refractivity contribution in [3.63, 3.8) is 0 Å². The third kappa shape index (κ3) is 18.0. The molecule has 0 saturated heterocycles. The summed E-state index contributed by atoms with van der Waals surface area (Å²) in [7, 11) is 1.44. The maximum absolute atomic E-state index is 10.6. The predicted molar refractivity (Wildman–Crippen MR) is 62.0 cm³/mol. The summed E-state index contributed by atoms with van der Waals surface area (Å²) in [5.41, 5.74) is 0. The predicted octanol–water partition coefficient (Wildman–Crippen LogP) is 3.94. The summed E-state index contributed by atoms with van der Waals surface area (Å²) in [5.74, 6) is -0.0819. The molecule has 2 nitrogen and oxygen atoms in total. The Hall–Kier alpha value is 0.0500. The minimum absolute atomic E-state index is 0.0819. The SMILES string of the molecule is CCCCCCCC(=O)OC.ClCCl. The zero-order chi connectivity index (χ0) is 11.2. The molecule has 0 heterocycles. The van der Waals surface area contributed by atoms with E-state index >= 15 is 0 Å². The van der Waals surface area contributed by atoms with Crippen molar-refractivity contribution in [3.8, 4) is 0 Å². The van der Waals surface area contributed by atoms with Crippen molar-refractivity contribution in [2.75, 3.05) is 12.4 Å². The number of hydrogen-bond donors (Lipinski definition) is 0. The van der Waals surface area contributed by atoms with Crippen molar-refractivity contribution in [1.82, 2.24) is 0 Å². The van der Waals surface area contributed by atoms with Gasteiger partial charge in [-0.2, -0.15) is 0 Å². The second-order valence-electron chi connectivity index (χ2n) is 2.84. The maximum atomic E-state index is 10.6. The van der Waals surface area contributed by atoms with E-state index in [0.717, 1.165) is 12.8 Å². The second kappa shape index (κ2) is 15.5. The van der Waals surface area contributed by atoms with E-state index in [4.69, 9.17) is 23.2 Å². The lowest BCUT2D eigenvalue weighted by Gasteiger charge is -1.98. The molecule has 0 aliphatic heterocycles. The zero-order valence-corrected chi connectivity index (χ0v) is 10.5. The molecule has 0 bridgehead atoms. The number of methoxy groups -OCH3 is 1. The molecule has 0 fully saturated rings. The zero-order valence-electron chi connectivity index (χ0n) is 9.02. The van der Waals surface area contributed by atoms with Crippen LogP contribution in [-0.2, 0) is 9.53 Å². The molecule has 0 aromatic rings. The first-order valence-corrected chi connectivity index (χ1v) is 5.98. The highest BCUT2D eigenvalue weighted by atomic mass is 35.5. The lowest BCUT2D eigenvalue weighted by Crippen LogP contribution is -1.98. The van der Waals surface area contributed by atoms with Gasteiger partial charge in [0.25, 0.3) is 0 Å². The smallest absolute Gasteiger partial charge is 0.305 e. The van der Waals surface area contributed by atoms with Crippen molar-refractivity contribution in [1.29, 1.82) is 0 Å². The Labute approximate surface area is 96.9 Å². The number of ether oxygens (including phenoxy) is 1. The first-order chi connectivity index (χ1) is 6.72. The molecule has 0 unspecified atom stereocenters. The highest BCUT2D eigenvalue weighted by Gasteiger charge is 1.97. The lowest BCUT2D eigenvalue weighted by atomic mass is 10.1. The summed E-state index contributed by atoms with van der Waals surface area (Å²) in [5, 5.41) is 0.194. The number of carbonyl (C=O) groups excluding carboxylic acids is 1. The van der Waals surface area contributed by atoms with Crippen LogP contribution in [0.2, 0.25) is 0 Å². The van der Waals surface area contributed by atoms with Crippen LogP contribution < -0.4 is 0 Å². The quantitative estimate of drug-likeness (QED) is 0.401. The normalized spacial score (nSPS) is 8.86.